The van der Waals surface area contributed by atoms with E-state index in [4.69, 9.17) is 14.2 Å². The Morgan fingerprint density at radius 3 is 2.96 bits per heavy atom. The molecular weight excluding hydrogens is 348 g/mol. The van der Waals surface area contributed by atoms with Crippen molar-refractivity contribution in [1.82, 2.24) is 9.97 Å². The van der Waals surface area contributed by atoms with Crippen molar-refractivity contribution in [3.8, 4) is 11.5 Å². The maximum Gasteiger partial charge on any atom is 0.338 e. The van der Waals surface area contributed by atoms with Crippen molar-refractivity contribution < 1.29 is 19.0 Å². The van der Waals surface area contributed by atoms with Crippen LogP contribution in [0.5, 0.6) is 11.5 Å². The van der Waals surface area contributed by atoms with E-state index < -0.39 is 5.97 Å². The minimum atomic E-state index is -0.522. The van der Waals surface area contributed by atoms with E-state index in [1.165, 1.54) is 7.11 Å². The summed E-state index contributed by atoms with van der Waals surface area (Å²) in [4.78, 5) is 31.5. The highest BCUT2D eigenvalue weighted by Gasteiger charge is 2.25. The number of aromatic amines is 1. The van der Waals surface area contributed by atoms with E-state index in [0.717, 1.165) is 5.56 Å². The van der Waals surface area contributed by atoms with E-state index in [2.05, 4.69) is 9.97 Å². The highest BCUT2D eigenvalue weighted by Crippen LogP contribution is 2.39. The fourth-order valence-corrected chi connectivity index (χ4v) is 3.19. The van der Waals surface area contributed by atoms with Gasteiger partial charge in [-0.2, -0.15) is 0 Å². The zero-order valence-corrected chi connectivity index (χ0v) is 14.9. The molecule has 7 nitrogen and oxygen atoms in total. The number of H-pyrrole nitrogens is 1. The summed E-state index contributed by atoms with van der Waals surface area (Å²) in [6.45, 7) is 1.82. The Morgan fingerprint density at radius 2 is 2.15 bits per heavy atom. The van der Waals surface area contributed by atoms with Gasteiger partial charge in [-0.1, -0.05) is 12.1 Å². The van der Waals surface area contributed by atoms with E-state index in [9.17, 15) is 9.59 Å². The van der Waals surface area contributed by atoms with Gasteiger partial charge in [0.2, 0.25) is 0 Å². The lowest BCUT2D eigenvalue weighted by atomic mass is 10.1. The van der Waals surface area contributed by atoms with Gasteiger partial charge in [0.25, 0.3) is 5.56 Å². The molecule has 1 atom stereocenters. The van der Waals surface area contributed by atoms with Crippen LogP contribution in [0.25, 0.3) is 10.9 Å². The normalized spacial score (nSPS) is 15.3. The number of aromatic nitrogens is 2. The van der Waals surface area contributed by atoms with Gasteiger partial charge in [-0.25, -0.2) is 9.78 Å². The Morgan fingerprint density at radius 1 is 1.33 bits per heavy atom. The van der Waals surface area contributed by atoms with Crippen molar-refractivity contribution in [3.63, 3.8) is 0 Å². The first-order valence-electron chi connectivity index (χ1n) is 8.58. The molecule has 1 N–H and O–H groups in total. The summed E-state index contributed by atoms with van der Waals surface area (Å²) >= 11 is 0. The number of esters is 1. The smallest absolute Gasteiger partial charge is 0.338 e. The Balaban J connectivity index is 1.55. The molecule has 0 radical (unpaired) electrons. The number of hydrogen-bond donors (Lipinski definition) is 1. The molecule has 0 fully saturated rings. The number of hydrogen-bond acceptors (Lipinski definition) is 6. The first kappa shape index (κ1) is 17.1. The highest BCUT2D eigenvalue weighted by molar-refractivity contribution is 5.90. The van der Waals surface area contributed by atoms with Gasteiger partial charge in [0.15, 0.2) is 11.5 Å². The second kappa shape index (κ2) is 6.75. The molecule has 2 heterocycles. The Hall–Kier alpha value is -3.35. The van der Waals surface area contributed by atoms with Crippen molar-refractivity contribution in [3.05, 3.63) is 63.7 Å². The van der Waals surface area contributed by atoms with Crippen molar-refractivity contribution in [2.45, 2.75) is 26.1 Å². The minimum Gasteiger partial charge on any atom is -0.493 e. The van der Waals surface area contributed by atoms with Crippen molar-refractivity contribution in [2.24, 2.45) is 0 Å². The molecule has 0 amide bonds. The number of nitrogens with zero attached hydrogens (tertiary/aromatic N) is 1. The van der Waals surface area contributed by atoms with Crippen LogP contribution < -0.4 is 15.0 Å². The third-order valence-corrected chi connectivity index (χ3v) is 4.42. The number of para-hydroxylation sites is 1. The number of carbonyl (C=O) groups is 1. The lowest BCUT2D eigenvalue weighted by Crippen LogP contribution is -2.14. The maximum absolute atomic E-state index is 12.5. The van der Waals surface area contributed by atoms with E-state index >= 15 is 0 Å². The lowest BCUT2D eigenvalue weighted by molar-refractivity contribution is 0.0462. The predicted octanol–water partition coefficient (Wildman–Crippen LogP) is 2.61. The predicted molar refractivity (Wildman–Crippen MR) is 98.3 cm³/mol. The summed E-state index contributed by atoms with van der Waals surface area (Å²) < 4.78 is 16.4. The van der Waals surface area contributed by atoms with Gasteiger partial charge in [-0.15, -0.1) is 0 Å². The molecule has 0 saturated carbocycles. The van der Waals surface area contributed by atoms with Gasteiger partial charge in [0, 0.05) is 12.0 Å². The van der Waals surface area contributed by atoms with Crippen LogP contribution in [0.15, 0.2) is 41.2 Å². The van der Waals surface area contributed by atoms with Gasteiger partial charge in [-0.05, 0) is 31.2 Å². The summed E-state index contributed by atoms with van der Waals surface area (Å²) in [5, 5.41) is 0.491. The molecule has 1 aliphatic rings. The maximum atomic E-state index is 12.5. The summed E-state index contributed by atoms with van der Waals surface area (Å²) in [5.74, 6) is 0.937. The second-order valence-electron chi connectivity index (χ2n) is 6.41. The average Bonchev–Trinajstić information content (AvgIpc) is 3.05. The number of rotatable bonds is 4. The van der Waals surface area contributed by atoms with E-state index in [1.54, 1.807) is 36.4 Å². The summed E-state index contributed by atoms with van der Waals surface area (Å²) in [7, 11) is 1.53. The Labute approximate surface area is 154 Å². The molecule has 1 aromatic heterocycles. The molecule has 2 aromatic carbocycles. The molecular formula is C20H18N2O5. The largest absolute Gasteiger partial charge is 0.493 e. The zero-order chi connectivity index (χ0) is 19.0. The van der Waals surface area contributed by atoms with Crippen LogP contribution in [0.4, 0.5) is 0 Å². The Bertz CT molecular complexity index is 1090. The van der Waals surface area contributed by atoms with Crippen molar-refractivity contribution in [2.75, 3.05) is 7.11 Å². The first-order chi connectivity index (χ1) is 13.0. The first-order valence-corrected chi connectivity index (χ1v) is 8.58. The second-order valence-corrected chi connectivity index (χ2v) is 6.41. The molecule has 138 valence electrons. The third-order valence-electron chi connectivity index (χ3n) is 4.42. The van der Waals surface area contributed by atoms with Gasteiger partial charge in [-0.3, -0.25) is 4.79 Å². The average molecular weight is 366 g/mol. The van der Waals surface area contributed by atoms with Gasteiger partial charge >= 0.3 is 5.97 Å². The van der Waals surface area contributed by atoms with Crippen LogP contribution >= 0.6 is 0 Å². The molecule has 0 bridgehead atoms. The van der Waals surface area contributed by atoms with Gasteiger partial charge in [0.05, 0.1) is 23.6 Å². The van der Waals surface area contributed by atoms with Crippen LogP contribution in [0.2, 0.25) is 0 Å². The molecule has 1 unspecified atom stereocenters. The summed E-state index contributed by atoms with van der Waals surface area (Å²) in [5.41, 5.74) is 1.56. The molecule has 0 saturated heterocycles. The van der Waals surface area contributed by atoms with E-state index in [0.29, 0.717) is 34.4 Å². The van der Waals surface area contributed by atoms with Crippen LogP contribution in [-0.4, -0.2) is 29.2 Å². The quantitative estimate of drug-likeness (QED) is 0.714. The number of fused-ring (bicyclic) bond motifs is 2. The number of nitrogens with one attached hydrogen (secondary N) is 1. The molecule has 0 aliphatic carbocycles. The van der Waals surface area contributed by atoms with Crippen LogP contribution in [-0.2, 0) is 17.8 Å². The van der Waals surface area contributed by atoms with E-state index in [-0.39, 0.29) is 24.1 Å². The van der Waals surface area contributed by atoms with Gasteiger partial charge in [0.1, 0.15) is 18.5 Å². The molecule has 1 aliphatic heterocycles. The minimum absolute atomic E-state index is 0.0343. The number of benzene rings is 2. The topological polar surface area (TPSA) is 90.5 Å². The van der Waals surface area contributed by atoms with Crippen LogP contribution in [0.3, 0.4) is 0 Å². The molecule has 27 heavy (non-hydrogen) atoms. The number of methoxy groups -OCH3 is 1. The van der Waals surface area contributed by atoms with Gasteiger partial charge < -0.3 is 19.2 Å². The van der Waals surface area contributed by atoms with Crippen molar-refractivity contribution in [1.29, 1.82) is 0 Å². The fourth-order valence-electron chi connectivity index (χ4n) is 3.19. The monoisotopic (exact) mass is 366 g/mol. The van der Waals surface area contributed by atoms with Crippen molar-refractivity contribution >= 4 is 16.9 Å². The summed E-state index contributed by atoms with van der Waals surface area (Å²) in [6, 6.07) is 10.3. The number of carbonyl (C=O) groups excluding carboxylic acids is 1. The fraction of sp³-hybridized carbons (Fsp3) is 0.250. The third kappa shape index (κ3) is 3.23. The molecule has 7 heteroatoms. The van der Waals surface area contributed by atoms with E-state index in [1.807, 2.05) is 6.92 Å². The highest BCUT2D eigenvalue weighted by atomic mass is 16.5. The van der Waals surface area contributed by atoms with Crippen LogP contribution in [0, 0.1) is 0 Å². The summed E-state index contributed by atoms with van der Waals surface area (Å²) in [6.07, 6.45) is 0.735. The molecule has 0 spiro atoms. The molecule has 4 rings (SSSR count). The molecule has 3 aromatic rings. The lowest BCUT2D eigenvalue weighted by Gasteiger charge is -2.10. The Kier molecular flexibility index (Phi) is 4.27. The SMILES string of the molecule is COc1cc(C(=O)OCc2nc3ccccc3c(=O)[nH]2)cc2c1OC(C)C2. The number of ether oxygens (including phenoxy) is 3. The standard InChI is InChI=1S/C20H18N2O5/c1-11-7-12-8-13(9-16(25-2)18(12)27-11)20(24)26-10-17-21-15-6-4-3-5-14(15)19(23)22-17/h3-6,8-9,11H,7,10H2,1-2H3,(H,21,22,23). The zero-order valence-electron chi connectivity index (χ0n) is 14.9. The van der Waals surface area contributed by atoms with Crippen LogP contribution in [0.1, 0.15) is 28.7 Å².